The number of hydrogen-bond donors (Lipinski definition) is 0. The number of carbonyl (C=O) groups is 1. The van der Waals surface area contributed by atoms with Crippen LogP contribution in [-0.4, -0.2) is 30.9 Å². The molecule has 2 rings (SSSR count). The van der Waals surface area contributed by atoms with Crippen LogP contribution in [0.2, 0.25) is 10.0 Å². The van der Waals surface area contributed by atoms with Gasteiger partial charge in [-0.2, -0.15) is 0 Å². The van der Waals surface area contributed by atoms with E-state index in [1.807, 2.05) is 33.8 Å². The van der Waals surface area contributed by atoms with Gasteiger partial charge in [-0.1, -0.05) is 29.3 Å². The Morgan fingerprint density at radius 2 is 1.75 bits per heavy atom. The minimum Gasteiger partial charge on any atom is -0.466 e. The third-order valence-electron chi connectivity index (χ3n) is 4.66. The Morgan fingerprint density at radius 3 is 2.25 bits per heavy atom. The van der Waals surface area contributed by atoms with Crippen molar-refractivity contribution in [1.29, 1.82) is 0 Å². The van der Waals surface area contributed by atoms with Crippen LogP contribution in [0, 0.1) is 0 Å². The molecule has 1 aliphatic rings. The number of esters is 1. The van der Waals surface area contributed by atoms with E-state index >= 15 is 0 Å². The molecule has 24 heavy (non-hydrogen) atoms. The van der Waals surface area contributed by atoms with Crippen molar-refractivity contribution in [3.8, 4) is 0 Å². The maximum atomic E-state index is 12.1. The molecule has 0 aliphatic carbocycles. The summed E-state index contributed by atoms with van der Waals surface area (Å²) in [6, 6.07) is 5.30. The van der Waals surface area contributed by atoms with Gasteiger partial charge in [0.2, 0.25) is 0 Å². The molecule has 0 N–H and O–H groups in total. The molecule has 0 amide bonds. The van der Waals surface area contributed by atoms with E-state index in [9.17, 15) is 4.79 Å². The first-order valence-corrected chi connectivity index (χ1v) is 8.79. The molecule has 1 atom stereocenters. The fourth-order valence-electron chi connectivity index (χ4n) is 2.57. The van der Waals surface area contributed by atoms with Gasteiger partial charge in [-0.25, -0.2) is 0 Å². The van der Waals surface area contributed by atoms with Gasteiger partial charge in [-0.05, 0) is 52.3 Å². The molecule has 1 aromatic carbocycles. The van der Waals surface area contributed by atoms with E-state index in [4.69, 9.17) is 37.2 Å². The van der Waals surface area contributed by atoms with Gasteiger partial charge in [-0.15, -0.1) is 0 Å². The zero-order valence-electron chi connectivity index (χ0n) is 14.7. The van der Waals surface area contributed by atoms with E-state index in [2.05, 4.69) is 0 Å². The van der Waals surface area contributed by atoms with Crippen LogP contribution in [0.15, 0.2) is 18.2 Å². The summed E-state index contributed by atoms with van der Waals surface area (Å²) in [5.74, 6) is -0.636. The molecular weight excluding hydrogens is 350 g/mol. The molecular formula is C17H23BCl2O4. The third-order valence-corrected chi connectivity index (χ3v) is 5.40. The first kappa shape index (κ1) is 19.6. The topological polar surface area (TPSA) is 44.8 Å². The molecule has 1 fully saturated rings. The van der Waals surface area contributed by atoms with Crippen LogP contribution >= 0.6 is 23.2 Å². The van der Waals surface area contributed by atoms with Gasteiger partial charge < -0.3 is 14.0 Å². The molecule has 1 aromatic rings. The Balaban J connectivity index is 2.33. The molecule has 1 heterocycles. The summed E-state index contributed by atoms with van der Waals surface area (Å²) in [7, 11) is -0.573. The minimum absolute atomic E-state index is 0.141. The van der Waals surface area contributed by atoms with E-state index in [-0.39, 0.29) is 18.2 Å². The Labute approximate surface area is 153 Å². The van der Waals surface area contributed by atoms with E-state index in [1.165, 1.54) is 0 Å². The van der Waals surface area contributed by atoms with Gasteiger partial charge >= 0.3 is 13.1 Å². The fourth-order valence-corrected chi connectivity index (χ4v) is 2.87. The number of halogens is 2. The number of carbonyl (C=O) groups excluding carboxylic acids is 1. The average molecular weight is 373 g/mol. The van der Waals surface area contributed by atoms with Crippen LogP contribution in [0.1, 0.15) is 52.4 Å². The highest BCUT2D eigenvalue weighted by atomic mass is 35.5. The first-order valence-electron chi connectivity index (χ1n) is 8.03. The predicted octanol–water partition coefficient (Wildman–Crippen LogP) is 4.66. The minimum atomic E-state index is -0.573. The smallest absolute Gasteiger partial charge is 0.466 e. The Hall–Kier alpha value is -0.745. The Kier molecular flexibility index (Phi) is 5.91. The van der Waals surface area contributed by atoms with E-state index < -0.39 is 18.3 Å². The second-order valence-electron chi connectivity index (χ2n) is 6.91. The van der Waals surface area contributed by atoms with Crippen LogP contribution in [-0.2, 0) is 18.8 Å². The van der Waals surface area contributed by atoms with Crippen molar-refractivity contribution in [2.24, 2.45) is 0 Å². The molecule has 0 saturated carbocycles. The second-order valence-corrected chi connectivity index (χ2v) is 7.73. The first-order chi connectivity index (χ1) is 11.1. The third kappa shape index (κ3) is 4.08. The van der Waals surface area contributed by atoms with Crippen molar-refractivity contribution in [3.05, 3.63) is 33.8 Å². The van der Waals surface area contributed by atoms with Crippen LogP contribution in [0.4, 0.5) is 0 Å². The van der Waals surface area contributed by atoms with Crippen LogP contribution < -0.4 is 0 Å². The molecule has 7 heteroatoms. The number of ether oxygens (including phenoxy) is 1. The average Bonchev–Trinajstić information content (AvgIpc) is 2.68. The maximum Gasteiger partial charge on any atom is 0.466 e. The summed E-state index contributed by atoms with van der Waals surface area (Å²) in [5.41, 5.74) is -0.141. The zero-order chi connectivity index (χ0) is 18.1. The lowest BCUT2D eigenvalue weighted by molar-refractivity contribution is -0.143. The van der Waals surface area contributed by atoms with Gasteiger partial charge in [0.15, 0.2) is 0 Å². The summed E-state index contributed by atoms with van der Waals surface area (Å²) in [4.78, 5) is 12.1. The molecule has 1 aliphatic heterocycles. The molecule has 1 saturated heterocycles. The number of benzene rings is 1. The Morgan fingerprint density at radius 1 is 1.17 bits per heavy atom. The molecule has 1 unspecified atom stereocenters. The van der Waals surface area contributed by atoms with Crippen molar-refractivity contribution in [2.45, 2.75) is 58.1 Å². The molecule has 0 bridgehead atoms. The fraction of sp³-hybridized carbons (Fsp3) is 0.588. The summed E-state index contributed by atoms with van der Waals surface area (Å²) < 4.78 is 17.3. The van der Waals surface area contributed by atoms with E-state index in [1.54, 1.807) is 19.1 Å². The largest absolute Gasteiger partial charge is 0.466 e. The van der Waals surface area contributed by atoms with Crippen molar-refractivity contribution in [3.63, 3.8) is 0 Å². The van der Waals surface area contributed by atoms with Crippen LogP contribution in [0.3, 0.4) is 0 Å². The van der Waals surface area contributed by atoms with Crippen molar-refractivity contribution < 1.29 is 18.8 Å². The van der Waals surface area contributed by atoms with Crippen LogP contribution in [0.25, 0.3) is 0 Å². The monoisotopic (exact) mass is 372 g/mol. The quantitative estimate of drug-likeness (QED) is 0.556. The van der Waals surface area contributed by atoms with E-state index in [0.717, 1.165) is 5.56 Å². The molecule has 0 spiro atoms. The summed E-state index contributed by atoms with van der Waals surface area (Å²) in [6.45, 7) is 10.0. The molecule has 4 nitrogen and oxygen atoms in total. The highest BCUT2D eigenvalue weighted by Gasteiger charge is 2.54. The van der Waals surface area contributed by atoms with Gasteiger partial charge in [0, 0.05) is 5.82 Å². The standard InChI is InChI=1S/C17H23BCl2O4/c1-6-22-15(21)10-12(11-7-8-13(19)14(20)9-11)18-23-16(2,3)17(4,5)24-18/h7-9,12H,6,10H2,1-5H3. The lowest BCUT2D eigenvalue weighted by atomic mass is 9.66. The predicted molar refractivity (Wildman–Crippen MR) is 96.5 cm³/mol. The van der Waals surface area contributed by atoms with Gasteiger partial charge in [-0.3, -0.25) is 4.79 Å². The van der Waals surface area contributed by atoms with Crippen molar-refractivity contribution in [1.82, 2.24) is 0 Å². The summed E-state index contributed by atoms with van der Waals surface area (Å²) in [6.07, 6.45) is 0.141. The highest BCUT2D eigenvalue weighted by Crippen LogP contribution is 2.42. The number of rotatable bonds is 5. The molecule has 0 aromatic heterocycles. The highest BCUT2D eigenvalue weighted by molar-refractivity contribution is 6.48. The van der Waals surface area contributed by atoms with Gasteiger partial charge in [0.05, 0.1) is 34.3 Å². The molecule has 0 radical (unpaired) electrons. The normalized spacial score (nSPS) is 20.0. The summed E-state index contributed by atoms with van der Waals surface area (Å²) >= 11 is 12.1. The van der Waals surface area contributed by atoms with Crippen LogP contribution in [0.5, 0.6) is 0 Å². The Bertz CT molecular complexity index is 603. The lowest BCUT2D eigenvalue weighted by Crippen LogP contribution is -2.41. The van der Waals surface area contributed by atoms with Crippen molar-refractivity contribution >= 4 is 36.3 Å². The second kappa shape index (κ2) is 7.24. The van der Waals surface area contributed by atoms with E-state index in [0.29, 0.717) is 16.7 Å². The van der Waals surface area contributed by atoms with Crippen molar-refractivity contribution in [2.75, 3.05) is 6.61 Å². The molecule has 132 valence electrons. The summed E-state index contributed by atoms with van der Waals surface area (Å²) in [5, 5.41) is 0.892. The van der Waals surface area contributed by atoms with Gasteiger partial charge in [0.1, 0.15) is 0 Å². The zero-order valence-corrected chi connectivity index (χ0v) is 16.2. The number of hydrogen-bond acceptors (Lipinski definition) is 4. The maximum absolute atomic E-state index is 12.1. The lowest BCUT2D eigenvalue weighted by Gasteiger charge is -2.32. The van der Waals surface area contributed by atoms with Gasteiger partial charge in [0.25, 0.3) is 0 Å². The SMILES string of the molecule is CCOC(=O)CC(B1OC(C)(C)C(C)(C)O1)c1ccc(Cl)c(Cl)c1.